The molecule has 0 rings (SSSR count). The first-order chi connectivity index (χ1) is 7.78. The zero-order valence-corrected chi connectivity index (χ0v) is 11.5. The number of carboxylic acid groups (broad SMARTS) is 2. The Morgan fingerprint density at radius 2 is 1.94 bits per heavy atom. The van der Waals surface area contributed by atoms with Gasteiger partial charge >= 0.3 is 11.9 Å². The molecule has 0 saturated carbocycles. The lowest BCUT2D eigenvalue weighted by molar-refractivity contribution is -0.145. The minimum atomic E-state index is -1.61. The molecule has 0 aliphatic heterocycles. The molecule has 0 saturated heterocycles. The van der Waals surface area contributed by atoms with Crippen LogP contribution in [0.5, 0.6) is 0 Å². The summed E-state index contributed by atoms with van der Waals surface area (Å²) in [6, 6.07) is -0.101. The molecular formula is C10H21NO5Si. The van der Waals surface area contributed by atoms with Crippen LogP contribution in [0.4, 0.5) is 0 Å². The van der Waals surface area contributed by atoms with E-state index in [1.54, 1.807) is 7.11 Å². The molecule has 17 heavy (non-hydrogen) atoms. The maximum Gasteiger partial charge on any atom is 0.321 e. The normalized spacial score (nSPS) is 13.4. The second-order valence-electron chi connectivity index (χ2n) is 4.51. The van der Waals surface area contributed by atoms with E-state index in [1.807, 2.05) is 0 Å². The molecule has 1 atom stereocenters. The number of rotatable bonds is 9. The Labute approximate surface area is 102 Å². The topological polar surface area (TPSA) is 95.9 Å². The first-order valence-electron chi connectivity index (χ1n) is 5.51. The van der Waals surface area contributed by atoms with Crippen LogP contribution in [0.1, 0.15) is 12.8 Å². The zero-order valence-electron chi connectivity index (χ0n) is 10.5. The van der Waals surface area contributed by atoms with Gasteiger partial charge in [0.05, 0.1) is 6.42 Å². The molecule has 0 aromatic heterocycles. The smallest absolute Gasteiger partial charge is 0.321 e. The number of hydrogen-bond donors (Lipinski definition) is 3. The average molecular weight is 263 g/mol. The first-order valence-corrected chi connectivity index (χ1v) is 8.63. The van der Waals surface area contributed by atoms with E-state index < -0.39 is 32.7 Å². The van der Waals surface area contributed by atoms with Crippen molar-refractivity contribution in [3.8, 4) is 0 Å². The van der Waals surface area contributed by atoms with Gasteiger partial charge in [0.1, 0.15) is 6.04 Å². The maximum absolute atomic E-state index is 10.7. The molecule has 7 heteroatoms. The third-order valence-electron chi connectivity index (χ3n) is 2.58. The molecule has 0 aliphatic carbocycles. The number of carbonyl (C=O) groups is 2. The molecule has 0 amide bonds. The minimum Gasteiger partial charge on any atom is -0.481 e. The van der Waals surface area contributed by atoms with Gasteiger partial charge in [0.15, 0.2) is 8.32 Å². The highest BCUT2D eigenvalue weighted by Crippen LogP contribution is 2.11. The molecule has 0 bridgehead atoms. The fourth-order valence-electron chi connectivity index (χ4n) is 1.31. The number of nitrogens with one attached hydrogen (secondary N) is 1. The molecule has 6 nitrogen and oxygen atoms in total. The quantitative estimate of drug-likeness (QED) is 0.419. The monoisotopic (exact) mass is 263 g/mol. The van der Waals surface area contributed by atoms with Gasteiger partial charge in [-0.3, -0.25) is 9.59 Å². The molecule has 0 spiro atoms. The third kappa shape index (κ3) is 7.89. The highest BCUT2D eigenvalue weighted by atomic mass is 28.4. The van der Waals surface area contributed by atoms with E-state index in [0.717, 1.165) is 12.5 Å². The maximum atomic E-state index is 10.7. The third-order valence-corrected chi connectivity index (χ3v) is 5.24. The molecule has 0 radical (unpaired) electrons. The Kier molecular flexibility index (Phi) is 7.01. The number of aliphatic carboxylic acids is 2. The van der Waals surface area contributed by atoms with Gasteiger partial charge in [0.2, 0.25) is 0 Å². The summed E-state index contributed by atoms with van der Waals surface area (Å²) >= 11 is 0. The largest absolute Gasteiger partial charge is 0.481 e. The van der Waals surface area contributed by atoms with Crippen molar-refractivity contribution >= 4 is 20.3 Å². The molecule has 0 aromatic carbocycles. The van der Waals surface area contributed by atoms with Gasteiger partial charge < -0.3 is 20.0 Å². The van der Waals surface area contributed by atoms with Crippen molar-refractivity contribution in [2.24, 2.45) is 0 Å². The summed E-state index contributed by atoms with van der Waals surface area (Å²) in [5.41, 5.74) is 0. The summed E-state index contributed by atoms with van der Waals surface area (Å²) in [6.45, 7) is 4.65. The van der Waals surface area contributed by atoms with E-state index >= 15 is 0 Å². The van der Waals surface area contributed by atoms with Crippen molar-refractivity contribution in [3.05, 3.63) is 0 Å². The summed E-state index contributed by atoms with van der Waals surface area (Å²) in [6.07, 6.45) is 0.386. The highest BCUT2D eigenvalue weighted by Gasteiger charge is 2.22. The Hall–Kier alpha value is -0.923. The van der Waals surface area contributed by atoms with Crippen LogP contribution in [0.15, 0.2) is 0 Å². The Balaban J connectivity index is 3.91. The predicted molar refractivity (Wildman–Crippen MR) is 65.6 cm³/mol. The Morgan fingerprint density at radius 3 is 2.35 bits per heavy atom. The van der Waals surface area contributed by atoms with E-state index in [1.165, 1.54) is 0 Å². The molecule has 0 fully saturated rings. The molecular weight excluding hydrogens is 242 g/mol. The number of hydrogen-bond acceptors (Lipinski definition) is 4. The lowest BCUT2D eigenvalue weighted by Gasteiger charge is -2.20. The van der Waals surface area contributed by atoms with Crippen LogP contribution in [0.2, 0.25) is 19.1 Å². The summed E-state index contributed by atoms with van der Waals surface area (Å²) in [5, 5.41) is 20.1. The van der Waals surface area contributed by atoms with E-state index in [2.05, 4.69) is 18.4 Å². The average Bonchev–Trinajstić information content (AvgIpc) is 2.21. The molecule has 0 heterocycles. The lowest BCUT2D eigenvalue weighted by Crippen LogP contribution is -2.39. The van der Waals surface area contributed by atoms with Crippen LogP contribution < -0.4 is 5.32 Å². The SMILES string of the molecule is CO[Si](C)(C)CCCN[C@@H](CC(=O)O)C(=O)O. The summed E-state index contributed by atoms with van der Waals surface area (Å²) in [7, 11) is 0.0724. The van der Waals surface area contributed by atoms with E-state index in [4.69, 9.17) is 14.6 Å². The molecule has 100 valence electrons. The Bertz CT molecular complexity index is 269. The number of carboxylic acids is 2. The summed E-state index contributed by atoms with van der Waals surface area (Å²) in [5.74, 6) is -2.24. The Morgan fingerprint density at radius 1 is 1.35 bits per heavy atom. The summed E-state index contributed by atoms with van der Waals surface area (Å²) < 4.78 is 5.36. The minimum absolute atomic E-state index is 0.402. The van der Waals surface area contributed by atoms with Crippen LogP contribution in [-0.2, 0) is 14.0 Å². The van der Waals surface area contributed by atoms with Crippen molar-refractivity contribution in [2.75, 3.05) is 13.7 Å². The molecule has 0 aromatic rings. The van der Waals surface area contributed by atoms with Crippen molar-refractivity contribution in [1.82, 2.24) is 5.32 Å². The molecule has 0 aliphatic rings. The second-order valence-corrected chi connectivity index (χ2v) is 8.94. The van der Waals surface area contributed by atoms with E-state index in [-0.39, 0.29) is 0 Å². The fourth-order valence-corrected chi connectivity index (χ4v) is 2.55. The van der Waals surface area contributed by atoms with Gasteiger partial charge in [-0.15, -0.1) is 0 Å². The highest BCUT2D eigenvalue weighted by molar-refractivity contribution is 6.71. The van der Waals surface area contributed by atoms with Crippen LogP contribution in [0, 0.1) is 0 Å². The van der Waals surface area contributed by atoms with E-state index in [9.17, 15) is 9.59 Å². The molecule has 0 unspecified atom stereocenters. The van der Waals surface area contributed by atoms with Gasteiger partial charge in [-0.1, -0.05) is 0 Å². The zero-order chi connectivity index (χ0) is 13.5. The predicted octanol–water partition coefficient (Wildman–Crippen LogP) is 0.745. The van der Waals surface area contributed by atoms with Crippen molar-refractivity contribution in [2.45, 2.75) is 38.0 Å². The van der Waals surface area contributed by atoms with Crippen molar-refractivity contribution in [3.63, 3.8) is 0 Å². The van der Waals surface area contributed by atoms with Gasteiger partial charge in [0.25, 0.3) is 0 Å². The summed E-state index contributed by atoms with van der Waals surface area (Å²) in [4.78, 5) is 21.2. The first kappa shape index (κ1) is 16.1. The van der Waals surface area contributed by atoms with Gasteiger partial charge in [-0.05, 0) is 32.1 Å². The standard InChI is InChI=1S/C10H21NO5Si/c1-16-17(2,3)6-4-5-11-8(10(14)15)7-9(12)13/h8,11H,4-7H2,1-3H3,(H,12,13)(H,14,15)/t8-/m0/s1. The van der Waals surface area contributed by atoms with Crippen LogP contribution >= 0.6 is 0 Å². The van der Waals surface area contributed by atoms with E-state index in [0.29, 0.717) is 6.54 Å². The lowest BCUT2D eigenvalue weighted by atomic mass is 10.2. The molecule has 3 N–H and O–H groups in total. The van der Waals surface area contributed by atoms with Crippen LogP contribution in [0.3, 0.4) is 0 Å². The van der Waals surface area contributed by atoms with Gasteiger partial charge in [-0.25, -0.2) is 0 Å². The second kappa shape index (κ2) is 7.41. The van der Waals surface area contributed by atoms with Gasteiger partial charge in [0, 0.05) is 7.11 Å². The van der Waals surface area contributed by atoms with Crippen molar-refractivity contribution in [1.29, 1.82) is 0 Å². The van der Waals surface area contributed by atoms with Crippen LogP contribution in [0.25, 0.3) is 0 Å². The van der Waals surface area contributed by atoms with Crippen LogP contribution in [-0.4, -0.2) is 50.2 Å². The fraction of sp³-hybridized carbons (Fsp3) is 0.800. The van der Waals surface area contributed by atoms with Gasteiger partial charge in [-0.2, -0.15) is 0 Å². The van der Waals surface area contributed by atoms with Crippen molar-refractivity contribution < 1.29 is 24.2 Å².